The molecule has 0 aromatic carbocycles. The van der Waals surface area contributed by atoms with Crippen LogP contribution in [0.2, 0.25) is 4.34 Å². The molecule has 0 aliphatic carbocycles. The van der Waals surface area contributed by atoms with Crippen LogP contribution < -0.4 is 4.90 Å². The van der Waals surface area contributed by atoms with Gasteiger partial charge >= 0.3 is 5.97 Å². The van der Waals surface area contributed by atoms with Gasteiger partial charge in [-0.1, -0.05) is 11.6 Å². The Morgan fingerprint density at radius 3 is 2.67 bits per heavy atom. The van der Waals surface area contributed by atoms with E-state index in [9.17, 15) is 4.79 Å². The number of hydrogen-bond acceptors (Lipinski definition) is 6. The molecule has 21 heavy (non-hydrogen) atoms. The van der Waals surface area contributed by atoms with Gasteiger partial charge in [0.15, 0.2) is 11.5 Å². The van der Waals surface area contributed by atoms with Gasteiger partial charge in [-0.3, -0.25) is 0 Å². The molecule has 0 radical (unpaired) electrons. The first-order valence-electron chi connectivity index (χ1n) is 6.72. The summed E-state index contributed by atoms with van der Waals surface area (Å²) >= 11 is 7.21. The average Bonchev–Trinajstić information content (AvgIpc) is 3.16. The molecule has 2 aromatic rings. The summed E-state index contributed by atoms with van der Waals surface area (Å²) in [5.41, 5.74) is 0.223. The minimum absolute atomic E-state index is 0.200. The van der Waals surface area contributed by atoms with Crippen molar-refractivity contribution in [3.63, 3.8) is 0 Å². The molecule has 5 nitrogen and oxygen atoms in total. The second-order valence-corrected chi connectivity index (χ2v) is 6.55. The largest absolute Gasteiger partial charge is 0.455 e. The molecular formula is C14H14ClN3O2S. The number of rotatable bonds is 4. The van der Waals surface area contributed by atoms with Crippen molar-refractivity contribution in [2.75, 3.05) is 18.0 Å². The zero-order valence-electron chi connectivity index (χ0n) is 11.3. The fourth-order valence-corrected chi connectivity index (χ4v) is 3.19. The van der Waals surface area contributed by atoms with Crippen molar-refractivity contribution in [2.24, 2.45) is 0 Å². The predicted molar refractivity (Wildman–Crippen MR) is 81.9 cm³/mol. The van der Waals surface area contributed by atoms with Crippen LogP contribution in [0.4, 0.5) is 5.82 Å². The molecule has 2 aromatic heterocycles. The molecule has 0 N–H and O–H groups in total. The van der Waals surface area contributed by atoms with Gasteiger partial charge in [-0.25, -0.2) is 4.79 Å². The van der Waals surface area contributed by atoms with E-state index in [1.54, 1.807) is 12.1 Å². The van der Waals surface area contributed by atoms with Crippen LogP contribution in [0.15, 0.2) is 24.3 Å². The minimum atomic E-state index is -0.472. The maximum absolute atomic E-state index is 11.9. The van der Waals surface area contributed by atoms with Crippen LogP contribution in [0, 0.1) is 0 Å². The third kappa shape index (κ3) is 3.51. The van der Waals surface area contributed by atoms with Crippen LogP contribution in [0.5, 0.6) is 0 Å². The normalized spacial score (nSPS) is 14.4. The van der Waals surface area contributed by atoms with E-state index in [-0.39, 0.29) is 12.3 Å². The summed E-state index contributed by atoms with van der Waals surface area (Å²) < 4.78 is 5.87. The molecule has 1 fully saturated rings. The lowest BCUT2D eigenvalue weighted by molar-refractivity contribution is 0.0468. The van der Waals surface area contributed by atoms with E-state index in [4.69, 9.17) is 16.3 Å². The van der Waals surface area contributed by atoms with Crippen molar-refractivity contribution in [1.29, 1.82) is 0 Å². The molecule has 1 aliphatic heterocycles. The fraction of sp³-hybridized carbons (Fsp3) is 0.357. The van der Waals surface area contributed by atoms with Crippen LogP contribution in [0.25, 0.3) is 0 Å². The second-order valence-electron chi connectivity index (χ2n) is 4.75. The monoisotopic (exact) mass is 323 g/mol. The molecule has 0 unspecified atom stereocenters. The van der Waals surface area contributed by atoms with Crippen LogP contribution in [-0.2, 0) is 11.3 Å². The summed E-state index contributed by atoms with van der Waals surface area (Å²) in [6.45, 7) is 2.20. The highest BCUT2D eigenvalue weighted by Gasteiger charge is 2.16. The van der Waals surface area contributed by atoms with Gasteiger partial charge in [-0.05, 0) is 37.1 Å². The molecule has 3 rings (SSSR count). The van der Waals surface area contributed by atoms with Gasteiger partial charge < -0.3 is 9.64 Å². The molecule has 1 saturated heterocycles. The molecule has 1 aliphatic rings. The summed E-state index contributed by atoms with van der Waals surface area (Å²) in [6, 6.07) is 7.09. The zero-order valence-corrected chi connectivity index (χ0v) is 12.9. The summed E-state index contributed by atoms with van der Waals surface area (Å²) in [5, 5.41) is 8.05. The van der Waals surface area contributed by atoms with Gasteiger partial charge in [0.05, 0.1) is 4.34 Å². The smallest absolute Gasteiger partial charge is 0.359 e. The maximum Gasteiger partial charge on any atom is 0.359 e. The van der Waals surface area contributed by atoms with E-state index in [1.165, 1.54) is 24.2 Å². The Morgan fingerprint density at radius 1 is 1.24 bits per heavy atom. The van der Waals surface area contributed by atoms with Crippen molar-refractivity contribution in [1.82, 2.24) is 10.2 Å². The van der Waals surface area contributed by atoms with E-state index in [2.05, 4.69) is 15.1 Å². The maximum atomic E-state index is 11.9. The number of aromatic nitrogens is 2. The molecule has 0 bridgehead atoms. The molecule has 110 valence electrons. The molecule has 0 spiro atoms. The number of carbonyl (C=O) groups is 1. The average molecular weight is 324 g/mol. The van der Waals surface area contributed by atoms with E-state index in [1.807, 2.05) is 12.1 Å². The van der Waals surface area contributed by atoms with Gasteiger partial charge in [-0.2, -0.15) is 0 Å². The Kier molecular flexibility index (Phi) is 4.36. The molecule has 0 atom stereocenters. The quantitative estimate of drug-likeness (QED) is 0.809. The Balaban J connectivity index is 1.59. The van der Waals surface area contributed by atoms with Crippen molar-refractivity contribution in [3.8, 4) is 0 Å². The summed E-state index contributed by atoms with van der Waals surface area (Å²) in [4.78, 5) is 15.0. The highest BCUT2D eigenvalue weighted by atomic mass is 35.5. The third-order valence-corrected chi connectivity index (χ3v) is 4.47. The number of thiophene rings is 1. The van der Waals surface area contributed by atoms with Gasteiger partial charge in [0.2, 0.25) is 0 Å². The standard InChI is InChI=1S/C14H14ClN3O2S/c15-12-5-3-10(21-12)9-20-14(19)11-4-6-13(17-16-11)18-7-1-2-8-18/h3-6H,1-2,7-9H2. The van der Waals surface area contributed by atoms with E-state index in [0.717, 1.165) is 23.8 Å². The molecule has 0 amide bonds. The summed E-state index contributed by atoms with van der Waals surface area (Å²) in [6.07, 6.45) is 2.35. The molecule has 0 saturated carbocycles. The van der Waals surface area contributed by atoms with Crippen LogP contribution in [0.3, 0.4) is 0 Å². The van der Waals surface area contributed by atoms with Gasteiger partial charge in [0, 0.05) is 18.0 Å². The van der Waals surface area contributed by atoms with Crippen molar-refractivity contribution >= 4 is 34.7 Å². The molecule has 3 heterocycles. The zero-order chi connectivity index (χ0) is 14.7. The Labute approximate surface area is 131 Å². The Bertz CT molecular complexity index is 623. The SMILES string of the molecule is O=C(OCc1ccc(Cl)s1)c1ccc(N2CCCC2)nn1. The number of anilines is 1. The first-order chi connectivity index (χ1) is 10.2. The fourth-order valence-electron chi connectivity index (χ4n) is 2.19. The summed E-state index contributed by atoms with van der Waals surface area (Å²) in [5.74, 6) is 0.342. The summed E-state index contributed by atoms with van der Waals surface area (Å²) in [7, 11) is 0. The van der Waals surface area contributed by atoms with Crippen molar-refractivity contribution in [3.05, 3.63) is 39.2 Å². The van der Waals surface area contributed by atoms with E-state index < -0.39 is 5.97 Å². The third-order valence-electron chi connectivity index (χ3n) is 3.26. The van der Waals surface area contributed by atoms with E-state index >= 15 is 0 Å². The lowest BCUT2D eigenvalue weighted by Gasteiger charge is -2.14. The number of halogens is 1. The van der Waals surface area contributed by atoms with Gasteiger partial charge in [0.25, 0.3) is 0 Å². The number of carbonyl (C=O) groups excluding carboxylic acids is 1. The minimum Gasteiger partial charge on any atom is -0.455 e. The molecule has 7 heteroatoms. The number of hydrogen-bond donors (Lipinski definition) is 0. The first-order valence-corrected chi connectivity index (χ1v) is 7.92. The number of esters is 1. The lowest BCUT2D eigenvalue weighted by atomic mass is 10.3. The van der Waals surface area contributed by atoms with Crippen molar-refractivity contribution in [2.45, 2.75) is 19.4 Å². The highest BCUT2D eigenvalue weighted by molar-refractivity contribution is 7.16. The van der Waals surface area contributed by atoms with Crippen LogP contribution >= 0.6 is 22.9 Å². The van der Waals surface area contributed by atoms with Crippen LogP contribution in [0.1, 0.15) is 28.2 Å². The Morgan fingerprint density at radius 2 is 2.05 bits per heavy atom. The Hall–Kier alpha value is -1.66. The number of ether oxygens (including phenoxy) is 1. The van der Waals surface area contributed by atoms with Gasteiger partial charge in [-0.15, -0.1) is 21.5 Å². The number of nitrogens with zero attached hydrogens (tertiary/aromatic N) is 3. The highest BCUT2D eigenvalue weighted by Crippen LogP contribution is 2.22. The topological polar surface area (TPSA) is 55.3 Å². The van der Waals surface area contributed by atoms with Gasteiger partial charge in [0.1, 0.15) is 6.61 Å². The lowest BCUT2D eigenvalue weighted by Crippen LogP contribution is -2.20. The van der Waals surface area contributed by atoms with Crippen molar-refractivity contribution < 1.29 is 9.53 Å². The van der Waals surface area contributed by atoms with E-state index in [0.29, 0.717) is 4.34 Å². The first kappa shape index (κ1) is 14.3. The molecular weight excluding hydrogens is 310 g/mol. The predicted octanol–water partition coefficient (Wildman–Crippen LogP) is 3.15. The second kappa shape index (κ2) is 6.41. The van der Waals surface area contributed by atoms with Crippen LogP contribution in [-0.4, -0.2) is 29.3 Å².